The summed E-state index contributed by atoms with van der Waals surface area (Å²) in [5.74, 6) is -1.14. The van der Waals surface area contributed by atoms with Gasteiger partial charge in [0.05, 0.1) is 0 Å². The molecular weight excluding hydrogens is 274 g/mol. The Morgan fingerprint density at radius 1 is 1.20 bits per heavy atom. The fourth-order valence-electron chi connectivity index (χ4n) is 0.258. The molecular formula is C2H17ClCoN10O. The number of hydrogen-bond acceptors (Lipinski definition) is 10. The van der Waals surface area contributed by atoms with Gasteiger partial charge < -0.3 is 41.3 Å². The van der Waals surface area contributed by atoms with Gasteiger partial charge in [-0.25, -0.2) is 0 Å². The Bertz CT molecular complexity index is 191. The van der Waals surface area contributed by atoms with Gasteiger partial charge in [-0.15, -0.1) is 10.2 Å². The van der Waals surface area contributed by atoms with Gasteiger partial charge in [0.15, 0.2) is 0 Å². The minimum absolute atomic E-state index is 0. The number of nitrogens with zero attached hydrogens (tertiary/aromatic N) is 3. The van der Waals surface area contributed by atoms with Gasteiger partial charge in [-0.1, -0.05) is 0 Å². The van der Waals surface area contributed by atoms with Crippen LogP contribution in [0, 0.1) is 5.41 Å². The fraction of sp³-hybridized carbons (Fsp3) is 0. The molecule has 1 aromatic heterocycles. The van der Waals surface area contributed by atoms with E-state index in [1.807, 2.05) is 0 Å². The van der Waals surface area contributed by atoms with Crippen molar-refractivity contribution in [1.29, 1.82) is 5.41 Å². The van der Waals surface area contributed by atoms with Crippen molar-refractivity contribution >= 4 is 16.0 Å². The Labute approximate surface area is 99.0 Å². The van der Waals surface area contributed by atoms with Gasteiger partial charge in [-0.3, -0.25) is 0 Å². The molecule has 0 saturated heterocycles. The minimum atomic E-state index is -0.932. The molecule has 15 heavy (non-hydrogen) atoms. The standard InChI is InChI=1S/C2H3N5O.ClH.Co.5H3N/c3-1(8)2-4-6-7-5-2;;;;;;;/h(H2,3,8)(H,4,5,6,7);1H;;5*1H3/q;;+2;;;;;/p-2. The quantitative estimate of drug-likeness (QED) is 0.256. The number of H-pyrrole nitrogens is 1. The monoisotopic (exact) mass is 291 g/mol. The Morgan fingerprint density at radius 2 is 1.60 bits per heavy atom. The van der Waals surface area contributed by atoms with Gasteiger partial charge >= 0.3 is 25.0 Å². The summed E-state index contributed by atoms with van der Waals surface area (Å²) in [6, 6.07) is 0. The topological polar surface area (TPSA) is 276 Å². The fourth-order valence-corrected chi connectivity index (χ4v) is 0.258. The third kappa shape index (κ3) is 15.9. The summed E-state index contributed by atoms with van der Waals surface area (Å²) in [6.45, 7) is 0. The summed E-state index contributed by atoms with van der Waals surface area (Å²) >= 11 is 3.03. The molecule has 1 rings (SSSR count). The predicted octanol–water partition coefficient (Wildman–Crippen LogP) is -0.618. The van der Waals surface area contributed by atoms with Crippen LogP contribution in [0.4, 0.5) is 0 Å². The van der Waals surface area contributed by atoms with Crippen LogP contribution >= 0.6 is 10.1 Å². The number of tetrazole rings is 1. The number of halogens is 1. The molecule has 0 spiro atoms. The van der Waals surface area contributed by atoms with Crippen molar-refractivity contribution in [2.45, 2.75) is 0 Å². The molecule has 13 heteroatoms. The molecule has 0 bridgehead atoms. The van der Waals surface area contributed by atoms with E-state index in [4.69, 9.17) is 5.41 Å². The van der Waals surface area contributed by atoms with E-state index in [2.05, 4.69) is 45.6 Å². The third-order valence-electron chi connectivity index (χ3n) is 0.548. The molecule has 97 valence electrons. The van der Waals surface area contributed by atoms with Gasteiger partial charge in [0.25, 0.3) is 0 Å². The van der Waals surface area contributed by atoms with Crippen molar-refractivity contribution in [1.82, 2.24) is 51.4 Å². The molecule has 17 N–H and O–H groups in total. The van der Waals surface area contributed by atoms with Crippen molar-refractivity contribution in [3.8, 4) is 0 Å². The molecule has 0 fully saturated rings. The first-order chi connectivity index (χ1) is 4.80. The molecule has 1 heterocycles. The van der Waals surface area contributed by atoms with E-state index >= 15 is 0 Å². The van der Waals surface area contributed by atoms with Crippen LogP contribution in [-0.4, -0.2) is 26.5 Å². The first kappa shape index (κ1) is 36.8. The molecule has 0 aromatic carbocycles. The Balaban J connectivity index is -0.0000000274. The molecule has 1 aromatic rings. The molecule has 0 saturated carbocycles. The van der Waals surface area contributed by atoms with Crippen LogP contribution in [0.1, 0.15) is 5.82 Å². The molecule has 0 aliphatic heterocycles. The van der Waals surface area contributed by atoms with Crippen LogP contribution in [-0.2, 0) is 14.8 Å². The van der Waals surface area contributed by atoms with Crippen molar-refractivity contribution in [3.63, 3.8) is 0 Å². The number of hydrogen-bond donors (Lipinski definition) is 7. The molecule has 11 nitrogen and oxygen atoms in total. The maximum absolute atomic E-state index is 9.99. The number of rotatable bonds is 1. The zero-order valence-electron chi connectivity index (χ0n) is 8.00. The van der Waals surface area contributed by atoms with Crippen LogP contribution in [0.3, 0.4) is 0 Å². The van der Waals surface area contributed by atoms with E-state index < -0.39 is 5.90 Å². The Kier molecular flexibility index (Phi) is 56.9. The molecule has 0 atom stereocenters. The molecule has 0 aliphatic rings. The van der Waals surface area contributed by atoms with Gasteiger partial charge in [0, 0.05) is 5.90 Å². The summed E-state index contributed by atoms with van der Waals surface area (Å²) in [7, 11) is 4.33. The van der Waals surface area contributed by atoms with Crippen LogP contribution < -0.4 is 35.9 Å². The van der Waals surface area contributed by atoms with Gasteiger partial charge in [-0.2, -0.15) is 5.21 Å². The van der Waals surface area contributed by atoms with Crippen LogP contribution in [0.2, 0.25) is 0 Å². The van der Waals surface area contributed by atoms with Crippen LogP contribution in [0.15, 0.2) is 0 Å². The molecule has 0 amide bonds. The average molecular weight is 292 g/mol. The molecule has 0 radical (unpaired) electrons. The third-order valence-corrected chi connectivity index (χ3v) is 0.548. The average Bonchev–Trinajstić information content (AvgIpc) is 2.42. The van der Waals surface area contributed by atoms with E-state index in [9.17, 15) is 5.11 Å². The summed E-state index contributed by atoms with van der Waals surface area (Å²) in [6.07, 6.45) is 0. The van der Waals surface area contributed by atoms with Gasteiger partial charge in [0.1, 0.15) is 0 Å². The first-order valence-electron chi connectivity index (χ1n) is 1.92. The zero-order valence-corrected chi connectivity index (χ0v) is 9.79. The van der Waals surface area contributed by atoms with Gasteiger partial charge in [0.2, 0.25) is 5.82 Å². The summed E-state index contributed by atoms with van der Waals surface area (Å²) in [5, 5.41) is 28.0. The van der Waals surface area contributed by atoms with E-state index in [-0.39, 0.29) is 36.6 Å². The van der Waals surface area contributed by atoms with E-state index in [0.717, 1.165) is 0 Å². The second kappa shape index (κ2) is 23.2. The summed E-state index contributed by atoms with van der Waals surface area (Å²) < 4.78 is 0. The van der Waals surface area contributed by atoms with Crippen molar-refractivity contribution < 1.29 is 19.9 Å². The Morgan fingerprint density at radius 3 is 1.73 bits per heavy atom. The maximum atomic E-state index is 9.99. The SMILES string of the molecule is N.N.N.N.N.N=C([O-])c1nn[nH]n1.[Cl][Co+]. The van der Waals surface area contributed by atoms with Crippen molar-refractivity contribution in [2.24, 2.45) is 0 Å². The van der Waals surface area contributed by atoms with Crippen LogP contribution in [0.5, 0.6) is 0 Å². The summed E-state index contributed by atoms with van der Waals surface area (Å²) in [5.41, 5.74) is 0. The predicted molar refractivity (Wildman–Crippen MR) is 52.0 cm³/mol. The van der Waals surface area contributed by atoms with Crippen molar-refractivity contribution in [3.05, 3.63) is 5.82 Å². The second-order valence-electron chi connectivity index (χ2n) is 1.06. The van der Waals surface area contributed by atoms with E-state index in [1.165, 1.54) is 0 Å². The molecule has 0 unspecified atom stereocenters. The zero-order chi connectivity index (χ0) is 7.98. The van der Waals surface area contributed by atoms with Crippen molar-refractivity contribution in [2.75, 3.05) is 0 Å². The van der Waals surface area contributed by atoms with E-state index in [0.29, 0.717) is 0 Å². The Hall–Kier alpha value is -0.864. The van der Waals surface area contributed by atoms with Crippen LogP contribution in [0.25, 0.3) is 0 Å². The van der Waals surface area contributed by atoms with Gasteiger partial charge in [-0.05, 0) is 5.21 Å². The summed E-state index contributed by atoms with van der Waals surface area (Å²) in [4.78, 5) is 0. The first-order valence-corrected chi connectivity index (χ1v) is 3.36. The van der Waals surface area contributed by atoms with E-state index in [1.54, 1.807) is 0 Å². The normalized spacial score (nSPS) is 5.20. The number of nitrogens with one attached hydrogen (secondary N) is 2. The molecule has 0 aliphatic carbocycles. The second-order valence-corrected chi connectivity index (χ2v) is 1.06. The number of aromatic amines is 1. The number of aromatic nitrogens is 4.